The fourth-order valence-corrected chi connectivity index (χ4v) is 2.09. The van der Waals surface area contributed by atoms with Crippen LogP contribution in [0.25, 0.3) is 0 Å². The molecule has 0 aliphatic carbocycles. The van der Waals surface area contributed by atoms with Crippen LogP contribution in [0, 0.1) is 0 Å². The van der Waals surface area contributed by atoms with Gasteiger partial charge >= 0.3 is 5.69 Å². The number of ether oxygens (including phenoxy) is 1. The van der Waals surface area contributed by atoms with Gasteiger partial charge in [0.15, 0.2) is 5.78 Å². The Balaban J connectivity index is 1.97. The van der Waals surface area contributed by atoms with Crippen molar-refractivity contribution >= 4 is 29.1 Å². The van der Waals surface area contributed by atoms with E-state index in [0.29, 0.717) is 16.3 Å². The Morgan fingerprint density at radius 1 is 1.30 bits per heavy atom. The van der Waals surface area contributed by atoms with Crippen molar-refractivity contribution in [1.82, 2.24) is 9.97 Å². The highest BCUT2D eigenvalue weighted by Gasteiger charge is 2.15. The topological polar surface area (TPSA) is 101 Å². The maximum Gasteiger partial charge on any atom is 0.346 e. The zero-order chi connectivity index (χ0) is 16.8. The fourth-order valence-electron chi connectivity index (χ4n) is 1.91. The Bertz CT molecular complexity index is 788. The number of H-pyrrole nitrogens is 1. The van der Waals surface area contributed by atoms with Gasteiger partial charge < -0.3 is 10.1 Å². The van der Waals surface area contributed by atoms with Crippen LogP contribution in [-0.4, -0.2) is 28.8 Å². The standard InChI is InChI=1S/C15H14ClN3O4/c1-23-12-4-2-9(16)8-10(12)11(20)3-5-14(21)18-13-6-7-17-15(22)19-13/h2,4,6-8H,3,5H2,1H3,(H2,17,18,19,21,22). The SMILES string of the molecule is COc1ccc(Cl)cc1C(=O)CCC(=O)Nc1ccnc(=O)[nH]1. The Labute approximate surface area is 136 Å². The van der Waals surface area contributed by atoms with Gasteiger partial charge in [0.05, 0.1) is 12.7 Å². The Morgan fingerprint density at radius 2 is 2.09 bits per heavy atom. The molecule has 0 saturated carbocycles. The van der Waals surface area contributed by atoms with Gasteiger partial charge in [-0.15, -0.1) is 0 Å². The van der Waals surface area contributed by atoms with Crippen LogP contribution in [-0.2, 0) is 4.79 Å². The smallest absolute Gasteiger partial charge is 0.346 e. The number of nitrogens with zero attached hydrogens (tertiary/aromatic N) is 1. The van der Waals surface area contributed by atoms with Gasteiger partial charge in [0.25, 0.3) is 0 Å². The first-order valence-electron chi connectivity index (χ1n) is 6.71. The maximum absolute atomic E-state index is 12.2. The molecule has 120 valence electrons. The van der Waals surface area contributed by atoms with Crippen LogP contribution in [0.1, 0.15) is 23.2 Å². The number of aromatic nitrogens is 2. The van der Waals surface area contributed by atoms with Gasteiger partial charge in [0, 0.05) is 24.1 Å². The molecule has 0 aliphatic heterocycles. The van der Waals surface area contributed by atoms with Gasteiger partial charge in [-0.3, -0.25) is 14.6 Å². The number of Topliss-reactive ketones (excluding diaryl/α,β-unsaturated/α-hetero) is 1. The second kappa shape index (κ2) is 7.55. The van der Waals surface area contributed by atoms with E-state index in [1.165, 1.54) is 25.4 Å². The number of rotatable bonds is 6. The summed E-state index contributed by atoms with van der Waals surface area (Å²) in [5.74, 6) is -0.0371. The number of nitrogens with one attached hydrogen (secondary N) is 2. The van der Waals surface area contributed by atoms with Crippen molar-refractivity contribution < 1.29 is 14.3 Å². The van der Waals surface area contributed by atoms with Crippen LogP contribution in [0.15, 0.2) is 35.3 Å². The minimum Gasteiger partial charge on any atom is -0.496 e. The quantitative estimate of drug-likeness (QED) is 0.786. The normalized spacial score (nSPS) is 10.2. The molecule has 0 aliphatic rings. The molecule has 0 spiro atoms. The van der Waals surface area contributed by atoms with Crippen molar-refractivity contribution in [3.63, 3.8) is 0 Å². The lowest BCUT2D eigenvalue weighted by Gasteiger charge is -2.08. The lowest BCUT2D eigenvalue weighted by Crippen LogP contribution is -2.18. The predicted molar refractivity (Wildman–Crippen MR) is 85.1 cm³/mol. The number of aromatic amines is 1. The highest BCUT2D eigenvalue weighted by atomic mass is 35.5. The first-order valence-corrected chi connectivity index (χ1v) is 7.09. The van der Waals surface area contributed by atoms with E-state index in [1.54, 1.807) is 12.1 Å². The number of anilines is 1. The molecule has 8 heteroatoms. The van der Waals surface area contributed by atoms with E-state index in [1.807, 2.05) is 0 Å². The van der Waals surface area contributed by atoms with Gasteiger partial charge in [-0.05, 0) is 24.3 Å². The zero-order valence-corrected chi connectivity index (χ0v) is 13.0. The summed E-state index contributed by atoms with van der Waals surface area (Å²) in [7, 11) is 1.45. The number of amides is 1. The van der Waals surface area contributed by atoms with E-state index >= 15 is 0 Å². The first kappa shape index (κ1) is 16.7. The summed E-state index contributed by atoms with van der Waals surface area (Å²) in [5.41, 5.74) is -0.243. The molecule has 2 N–H and O–H groups in total. The summed E-state index contributed by atoms with van der Waals surface area (Å²) in [6.07, 6.45) is 1.22. The van der Waals surface area contributed by atoms with Crippen molar-refractivity contribution in [1.29, 1.82) is 0 Å². The number of methoxy groups -OCH3 is 1. The predicted octanol–water partition coefficient (Wildman–Crippen LogP) is 2.03. The van der Waals surface area contributed by atoms with E-state index in [0.717, 1.165) is 0 Å². The van der Waals surface area contributed by atoms with Crippen molar-refractivity contribution in [2.45, 2.75) is 12.8 Å². The van der Waals surface area contributed by atoms with E-state index in [2.05, 4.69) is 15.3 Å². The highest BCUT2D eigenvalue weighted by Crippen LogP contribution is 2.24. The summed E-state index contributed by atoms with van der Waals surface area (Å²) in [5, 5.41) is 2.90. The Morgan fingerprint density at radius 3 is 2.78 bits per heavy atom. The molecule has 0 saturated heterocycles. The highest BCUT2D eigenvalue weighted by molar-refractivity contribution is 6.31. The molecule has 2 rings (SSSR count). The number of hydrogen-bond donors (Lipinski definition) is 2. The molecule has 0 unspecified atom stereocenters. The van der Waals surface area contributed by atoms with Crippen LogP contribution in [0.3, 0.4) is 0 Å². The van der Waals surface area contributed by atoms with Gasteiger partial charge in [0.1, 0.15) is 11.6 Å². The molecule has 2 aromatic rings. The number of carbonyl (C=O) groups excluding carboxylic acids is 2. The summed E-state index contributed by atoms with van der Waals surface area (Å²) < 4.78 is 5.11. The number of halogens is 1. The molecule has 0 atom stereocenters. The Kier molecular flexibility index (Phi) is 5.48. The maximum atomic E-state index is 12.2. The molecule has 23 heavy (non-hydrogen) atoms. The Hall–Kier alpha value is -2.67. The number of ketones is 1. The summed E-state index contributed by atoms with van der Waals surface area (Å²) in [4.78, 5) is 40.9. The van der Waals surface area contributed by atoms with E-state index in [-0.39, 0.29) is 24.4 Å². The molecule has 1 amide bonds. The second-order valence-electron chi connectivity index (χ2n) is 4.60. The van der Waals surface area contributed by atoms with Crippen LogP contribution >= 0.6 is 11.6 Å². The summed E-state index contributed by atoms with van der Waals surface area (Å²) in [6.45, 7) is 0. The van der Waals surface area contributed by atoms with Gasteiger partial charge in [0.2, 0.25) is 5.91 Å². The number of hydrogen-bond acceptors (Lipinski definition) is 5. The van der Waals surface area contributed by atoms with Crippen LogP contribution in [0.5, 0.6) is 5.75 Å². The monoisotopic (exact) mass is 335 g/mol. The molecular formula is C15H14ClN3O4. The van der Waals surface area contributed by atoms with Crippen LogP contribution in [0.2, 0.25) is 5.02 Å². The van der Waals surface area contributed by atoms with Crippen molar-refractivity contribution in [2.75, 3.05) is 12.4 Å². The van der Waals surface area contributed by atoms with Gasteiger partial charge in [-0.1, -0.05) is 11.6 Å². The third-order valence-corrected chi connectivity index (χ3v) is 3.22. The third kappa shape index (κ3) is 4.65. The van der Waals surface area contributed by atoms with E-state index in [4.69, 9.17) is 16.3 Å². The zero-order valence-electron chi connectivity index (χ0n) is 12.3. The van der Waals surface area contributed by atoms with Crippen LogP contribution < -0.4 is 15.7 Å². The lowest BCUT2D eigenvalue weighted by molar-refractivity contribution is -0.116. The average Bonchev–Trinajstić information content (AvgIpc) is 2.52. The number of carbonyl (C=O) groups is 2. The molecule has 0 radical (unpaired) electrons. The van der Waals surface area contributed by atoms with Crippen molar-refractivity contribution in [2.24, 2.45) is 0 Å². The lowest BCUT2D eigenvalue weighted by atomic mass is 10.1. The molecule has 0 bridgehead atoms. The molecule has 0 fully saturated rings. The van der Waals surface area contributed by atoms with E-state index < -0.39 is 11.6 Å². The summed E-state index contributed by atoms with van der Waals surface area (Å²) in [6, 6.07) is 6.16. The van der Waals surface area contributed by atoms with E-state index in [9.17, 15) is 14.4 Å². The van der Waals surface area contributed by atoms with Gasteiger partial charge in [-0.25, -0.2) is 9.78 Å². The average molecular weight is 336 g/mol. The van der Waals surface area contributed by atoms with Gasteiger partial charge in [-0.2, -0.15) is 0 Å². The second-order valence-corrected chi connectivity index (χ2v) is 5.04. The van der Waals surface area contributed by atoms with Crippen LogP contribution in [0.4, 0.5) is 5.82 Å². The molecule has 7 nitrogen and oxygen atoms in total. The van der Waals surface area contributed by atoms with Crippen molar-refractivity contribution in [3.05, 3.63) is 51.5 Å². The molecule has 1 aromatic heterocycles. The summed E-state index contributed by atoms with van der Waals surface area (Å²) >= 11 is 5.88. The first-order chi connectivity index (χ1) is 11.0. The molecule has 1 aromatic carbocycles. The third-order valence-electron chi connectivity index (χ3n) is 2.99. The minimum atomic E-state index is -0.567. The van der Waals surface area contributed by atoms with Crippen molar-refractivity contribution in [3.8, 4) is 5.75 Å². The molecular weight excluding hydrogens is 322 g/mol. The minimum absolute atomic E-state index is 0.0160. The largest absolute Gasteiger partial charge is 0.496 e. The fraction of sp³-hybridized carbons (Fsp3) is 0.200. The number of benzene rings is 1. The molecule has 1 heterocycles.